The minimum Gasteiger partial charge on any atom is -0.446 e. The number of rotatable bonds is 6. The van der Waals surface area contributed by atoms with Crippen LogP contribution in [0.2, 0.25) is 0 Å². The van der Waals surface area contributed by atoms with E-state index in [1.54, 1.807) is 13.3 Å². The van der Waals surface area contributed by atoms with Gasteiger partial charge in [-0.1, -0.05) is 0 Å². The van der Waals surface area contributed by atoms with Gasteiger partial charge in [0.25, 0.3) is 0 Å². The SMILES string of the molecule is COCCCc1ncc(CCO)o1. The van der Waals surface area contributed by atoms with Gasteiger partial charge in [-0.15, -0.1) is 0 Å². The summed E-state index contributed by atoms with van der Waals surface area (Å²) in [7, 11) is 1.67. The van der Waals surface area contributed by atoms with Crippen LogP contribution in [0.15, 0.2) is 10.6 Å². The summed E-state index contributed by atoms with van der Waals surface area (Å²) in [4.78, 5) is 4.07. The molecule has 1 aromatic rings. The van der Waals surface area contributed by atoms with Crippen molar-refractivity contribution in [3.05, 3.63) is 17.8 Å². The molecule has 1 N–H and O–H groups in total. The number of aromatic nitrogens is 1. The molecule has 13 heavy (non-hydrogen) atoms. The largest absolute Gasteiger partial charge is 0.446 e. The average molecular weight is 185 g/mol. The molecule has 1 rings (SSSR count). The molecule has 1 heterocycles. The molecule has 0 spiro atoms. The monoisotopic (exact) mass is 185 g/mol. The smallest absolute Gasteiger partial charge is 0.194 e. The minimum atomic E-state index is 0.104. The molecule has 0 aliphatic rings. The van der Waals surface area contributed by atoms with Gasteiger partial charge in [0.1, 0.15) is 5.76 Å². The first-order valence-electron chi connectivity index (χ1n) is 4.40. The fourth-order valence-corrected chi connectivity index (χ4v) is 1.06. The van der Waals surface area contributed by atoms with Gasteiger partial charge < -0.3 is 14.3 Å². The van der Waals surface area contributed by atoms with Crippen LogP contribution in [0.5, 0.6) is 0 Å². The van der Waals surface area contributed by atoms with Crippen molar-refractivity contribution in [2.24, 2.45) is 0 Å². The zero-order valence-electron chi connectivity index (χ0n) is 7.82. The Morgan fingerprint density at radius 2 is 2.38 bits per heavy atom. The quantitative estimate of drug-likeness (QED) is 0.666. The summed E-state index contributed by atoms with van der Waals surface area (Å²) < 4.78 is 10.3. The predicted octanol–water partition coefficient (Wildman–Crippen LogP) is 0.788. The Balaban J connectivity index is 2.31. The molecule has 74 valence electrons. The Labute approximate surface area is 77.5 Å². The van der Waals surface area contributed by atoms with E-state index in [1.165, 1.54) is 0 Å². The highest BCUT2D eigenvalue weighted by molar-refractivity contribution is 4.94. The Bertz CT molecular complexity index is 235. The van der Waals surface area contributed by atoms with E-state index in [2.05, 4.69) is 4.98 Å². The van der Waals surface area contributed by atoms with Crippen molar-refractivity contribution in [1.29, 1.82) is 0 Å². The van der Waals surface area contributed by atoms with E-state index in [0.29, 0.717) is 6.42 Å². The maximum atomic E-state index is 8.64. The van der Waals surface area contributed by atoms with Crippen molar-refractivity contribution in [1.82, 2.24) is 4.98 Å². The van der Waals surface area contributed by atoms with Gasteiger partial charge in [0, 0.05) is 26.6 Å². The van der Waals surface area contributed by atoms with Gasteiger partial charge in [-0.25, -0.2) is 4.98 Å². The second-order valence-corrected chi connectivity index (χ2v) is 2.79. The van der Waals surface area contributed by atoms with Gasteiger partial charge >= 0.3 is 0 Å². The highest BCUT2D eigenvalue weighted by Crippen LogP contribution is 2.06. The zero-order chi connectivity index (χ0) is 9.52. The zero-order valence-corrected chi connectivity index (χ0v) is 7.82. The number of methoxy groups -OCH3 is 1. The van der Waals surface area contributed by atoms with Crippen molar-refractivity contribution in [2.45, 2.75) is 19.3 Å². The first kappa shape index (κ1) is 10.2. The maximum Gasteiger partial charge on any atom is 0.194 e. The van der Waals surface area contributed by atoms with E-state index >= 15 is 0 Å². The van der Waals surface area contributed by atoms with E-state index in [0.717, 1.165) is 31.1 Å². The van der Waals surface area contributed by atoms with Gasteiger partial charge in [-0.2, -0.15) is 0 Å². The molecule has 1 aromatic heterocycles. The van der Waals surface area contributed by atoms with Crippen LogP contribution in [0.3, 0.4) is 0 Å². The number of oxazole rings is 1. The summed E-state index contributed by atoms with van der Waals surface area (Å²) in [5, 5.41) is 8.64. The van der Waals surface area contributed by atoms with E-state index in [1.807, 2.05) is 0 Å². The topological polar surface area (TPSA) is 55.5 Å². The van der Waals surface area contributed by atoms with Gasteiger partial charge in [-0.3, -0.25) is 0 Å². The lowest BCUT2D eigenvalue weighted by atomic mass is 10.3. The lowest BCUT2D eigenvalue weighted by Gasteiger charge is -1.94. The van der Waals surface area contributed by atoms with Crippen LogP contribution in [-0.4, -0.2) is 30.4 Å². The van der Waals surface area contributed by atoms with Gasteiger partial charge in [0.05, 0.1) is 12.8 Å². The number of hydrogen-bond acceptors (Lipinski definition) is 4. The Kier molecular flexibility index (Phi) is 4.49. The highest BCUT2D eigenvalue weighted by atomic mass is 16.5. The first-order valence-corrected chi connectivity index (χ1v) is 4.40. The van der Waals surface area contributed by atoms with Crippen LogP contribution < -0.4 is 0 Å². The van der Waals surface area contributed by atoms with Crippen molar-refractivity contribution in [2.75, 3.05) is 20.3 Å². The molecule has 0 saturated heterocycles. The van der Waals surface area contributed by atoms with E-state index in [4.69, 9.17) is 14.3 Å². The third kappa shape index (κ3) is 3.57. The number of aryl methyl sites for hydroxylation is 1. The molecule has 0 bridgehead atoms. The number of nitrogens with zero attached hydrogens (tertiary/aromatic N) is 1. The molecule has 0 fully saturated rings. The summed E-state index contributed by atoms with van der Waals surface area (Å²) in [6.07, 6.45) is 3.91. The van der Waals surface area contributed by atoms with E-state index in [9.17, 15) is 0 Å². The molecule has 0 aliphatic carbocycles. The van der Waals surface area contributed by atoms with Crippen LogP contribution >= 0.6 is 0 Å². The van der Waals surface area contributed by atoms with E-state index < -0.39 is 0 Å². The van der Waals surface area contributed by atoms with Crippen LogP contribution in [-0.2, 0) is 17.6 Å². The van der Waals surface area contributed by atoms with Crippen LogP contribution in [0.4, 0.5) is 0 Å². The summed E-state index contributed by atoms with van der Waals surface area (Å²) in [5.74, 6) is 1.47. The van der Waals surface area contributed by atoms with Crippen molar-refractivity contribution >= 4 is 0 Å². The average Bonchev–Trinajstić information content (AvgIpc) is 2.54. The van der Waals surface area contributed by atoms with Gasteiger partial charge in [0.2, 0.25) is 0 Å². The van der Waals surface area contributed by atoms with Crippen LogP contribution in [0, 0.1) is 0 Å². The standard InChI is InChI=1S/C9H15NO3/c1-12-6-2-3-9-10-7-8(13-9)4-5-11/h7,11H,2-6H2,1H3. The van der Waals surface area contributed by atoms with Crippen molar-refractivity contribution in [3.8, 4) is 0 Å². The normalized spacial score (nSPS) is 10.6. The fourth-order valence-electron chi connectivity index (χ4n) is 1.06. The lowest BCUT2D eigenvalue weighted by molar-refractivity contribution is 0.192. The molecule has 0 radical (unpaired) electrons. The van der Waals surface area contributed by atoms with Crippen LogP contribution in [0.1, 0.15) is 18.1 Å². The van der Waals surface area contributed by atoms with Crippen molar-refractivity contribution in [3.63, 3.8) is 0 Å². The molecule has 0 saturated carbocycles. The van der Waals surface area contributed by atoms with Gasteiger partial charge in [-0.05, 0) is 6.42 Å². The number of ether oxygens (including phenoxy) is 1. The second kappa shape index (κ2) is 5.72. The molecule has 4 nitrogen and oxygen atoms in total. The lowest BCUT2D eigenvalue weighted by Crippen LogP contribution is -1.92. The number of aliphatic hydroxyl groups excluding tert-OH is 1. The molecule has 0 aliphatic heterocycles. The highest BCUT2D eigenvalue weighted by Gasteiger charge is 2.02. The third-order valence-electron chi connectivity index (χ3n) is 1.70. The predicted molar refractivity (Wildman–Crippen MR) is 47.5 cm³/mol. The summed E-state index contributed by atoms with van der Waals surface area (Å²) >= 11 is 0. The summed E-state index contributed by atoms with van der Waals surface area (Å²) in [6.45, 7) is 0.824. The molecular weight excluding hydrogens is 170 g/mol. The first-order chi connectivity index (χ1) is 6.36. The van der Waals surface area contributed by atoms with Crippen LogP contribution in [0.25, 0.3) is 0 Å². The Hall–Kier alpha value is -0.870. The Morgan fingerprint density at radius 1 is 1.54 bits per heavy atom. The molecule has 0 unspecified atom stereocenters. The summed E-state index contributed by atoms with van der Waals surface area (Å²) in [5.41, 5.74) is 0. The maximum absolute atomic E-state index is 8.64. The third-order valence-corrected chi connectivity index (χ3v) is 1.70. The molecule has 4 heteroatoms. The van der Waals surface area contributed by atoms with Crippen molar-refractivity contribution < 1.29 is 14.3 Å². The number of aliphatic hydroxyl groups is 1. The minimum absolute atomic E-state index is 0.104. The molecule has 0 amide bonds. The van der Waals surface area contributed by atoms with E-state index in [-0.39, 0.29) is 6.61 Å². The second-order valence-electron chi connectivity index (χ2n) is 2.79. The summed E-state index contributed by atoms with van der Waals surface area (Å²) in [6, 6.07) is 0. The number of hydrogen-bond donors (Lipinski definition) is 1. The molecule has 0 atom stereocenters. The Morgan fingerprint density at radius 3 is 3.08 bits per heavy atom. The fraction of sp³-hybridized carbons (Fsp3) is 0.667. The molecule has 0 aromatic carbocycles. The molecular formula is C9H15NO3. The van der Waals surface area contributed by atoms with Gasteiger partial charge in [0.15, 0.2) is 5.89 Å².